The summed E-state index contributed by atoms with van der Waals surface area (Å²) in [6.07, 6.45) is -6.23. The first kappa shape index (κ1) is 23.1. The molecule has 30 heavy (non-hydrogen) atoms. The van der Waals surface area contributed by atoms with Gasteiger partial charge in [0, 0.05) is 12.2 Å². The Morgan fingerprint density at radius 2 is 1.90 bits per heavy atom. The van der Waals surface area contributed by atoms with E-state index in [1.165, 1.54) is 4.90 Å². The maximum absolute atomic E-state index is 12.9. The molecule has 2 aromatic rings. The maximum atomic E-state index is 12.9. The Morgan fingerprint density at radius 1 is 1.23 bits per heavy atom. The van der Waals surface area contributed by atoms with Gasteiger partial charge in [-0.2, -0.15) is 18.4 Å². The van der Waals surface area contributed by atoms with Gasteiger partial charge in [0.1, 0.15) is 0 Å². The zero-order valence-corrected chi connectivity index (χ0v) is 16.7. The number of amides is 2. The number of hydrogen-bond acceptors (Lipinski definition) is 6. The lowest BCUT2D eigenvalue weighted by Gasteiger charge is -2.26. The van der Waals surface area contributed by atoms with Crippen molar-refractivity contribution in [1.82, 2.24) is 25.5 Å². The van der Waals surface area contributed by atoms with Crippen LogP contribution in [0.4, 0.5) is 23.7 Å². The molecule has 0 fully saturated rings. The number of benzene rings is 1. The predicted octanol–water partition coefficient (Wildman–Crippen LogP) is 3.23. The maximum Gasteiger partial charge on any atom is 0.416 e. The molecule has 2 N–H and O–H groups in total. The average molecular weight is 428 g/mol. The standard InChI is InChI=1S/C18H23F3N6O3/c1-4-27(10-15-23-25-26-24-15)16(28)14(9-11(2)3)30-17(29)22-13-7-5-12(6-8-13)18(19,20)21/h5-8,11,14H,4,9-10H2,1-3H3,(H,22,29)(H,23,24,25,26)/t14-/m0/s1. The molecule has 2 rings (SSSR count). The number of ether oxygens (including phenoxy) is 1. The molecule has 0 aliphatic carbocycles. The number of aromatic nitrogens is 4. The summed E-state index contributed by atoms with van der Waals surface area (Å²) in [4.78, 5) is 26.6. The molecule has 0 bridgehead atoms. The normalized spacial score (nSPS) is 12.5. The fourth-order valence-corrected chi connectivity index (χ4v) is 2.62. The lowest BCUT2D eigenvalue weighted by atomic mass is 10.0. The van der Waals surface area contributed by atoms with Crippen LogP contribution in [-0.4, -0.2) is 50.2 Å². The van der Waals surface area contributed by atoms with E-state index in [1.54, 1.807) is 6.92 Å². The molecule has 0 saturated heterocycles. The number of tetrazole rings is 1. The van der Waals surface area contributed by atoms with Gasteiger partial charge >= 0.3 is 12.3 Å². The van der Waals surface area contributed by atoms with Gasteiger partial charge in [-0.25, -0.2) is 4.79 Å². The van der Waals surface area contributed by atoms with Gasteiger partial charge in [-0.3, -0.25) is 10.1 Å². The summed E-state index contributed by atoms with van der Waals surface area (Å²) in [6.45, 7) is 5.91. The van der Waals surface area contributed by atoms with Crippen LogP contribution in [0.25, 0.3) is 0 Å². The van der Waals surface area contributed by atoms with Gasteiger partial charge in [-0.15, -0.1) is 10.2 Å². The van der Waals surface area contributed by atoms with E-state index < -0.39 is 29.8 Å². The SMILES string of the molecule is CCN(Cc1nn[nH]n1)C(=O)[C@H](CC(C)C)OC(=O)Nc1ccc(C(F)(F)F)cc1. The average Bonchev–Trinajstić information content (AvgIpc) is 3.17. The van der Waals surface area contributed by atoms with E-state index in [1.807, 2.05) is 13.8 Å². The molecular weight excluding hydrogens is 405 g/mol. The minimum absolute atomic E-state index is 0.0432. The van der Waals surface area contributed by atoms with Gasteiger partial charge in [-0.05, 0) is 43.5 Å². The molecule has 0 radical (unpaired) electrons. The highest BCUT2D eigenvalue weighted by molar-refractivity contribution is 5.88. The Morgan fingerprint density at radius 3 is 2.40 bits per heavy atom. The molecule has 0 spiro atoms. The fourth-order valence-electron chi connectivity index (χ4n) is 2.62. The Bertz CT molecular complexity index is 825. The second kappa shape index (κ2) is 10.0. The number of alkyl halides is 3. The van der Waals surface area contributed by atoms with E-state index in [0.717, 1.165) is 24.3 Å². The number of H-pyrrole nitrogens is 1. The van der Waals surface area contributed by atoms with Crippen LogP contribution >= 0.6 is 0 Å². The number of nitrogens with zero attached hydrogens (tertiary/aromatic N) is 4. The molecule has 1 atom stereocenters. The number of likely N-dealkylation sites (N-methyl/N-ethyl adjacent to an activating group) is 1. The minimum atomic E-state index is -4.48. The van der Waals surface area contributed by atoms with E-state index in [-0.39, 0.29) is 24.6 Å². The zero-order valence-electron chi connectivity index (χ0n) is 16.7. The third-order valence-corrected chi connectivity index (χ3v) is 4.08. The first-order chi connectivity index (χ1) is 14.1. The van der Waals surface area contributed by atoms with Crippen molar-refractivity contribution >= 4 is 17.7 Å². The summed E-state index contributed by atoms with van der Waals surface area (Å²) < 4.78 is 43.2. The van der Waals surface area contributed by atoms with Crippen LogP contribution in [0.2, 0.25) is 0 Å². The van der Waals surface area contributed by atoms with E-state index in [0.29, 0.717) is 12.4 Å². The molecule has 1 aromatic heterocycles. The van der Waals surface area contributed by atoms with E-state index >= 15 is 0 Å². The molecule has 1 aromatic carbocycles. The van der Waals surface area contributed by atoms with Crippen molar-refractivity contribution in [2.75, 3.05) is 11.9 Å². The Labute approximate surface area is 171 Å². The van der Waals surface area contributed by atoms with Crippen LogP contribution < -0.4 is 5.32 Å². The van der Waals surface area contributed by atoms with Crippen molar-refractivity contribution in [2.24, 2.45) is 5.92 Å². The fraction of sp³-hybridized carbons (Fsp3) is 0.500. The highest BCUT2D eigenvalue weighted by Gasteiger charge is 2.31. The number of nitrogens with one attached hydrogen (secondary N) is 2. The minimum Gasteiger partial charge on any atom is -0.436 e. The van der Waals surface area contributed by atoms with Gasteiger partial charge in [-0.1, -0.05) is 19.1 Å². The smallest absolute Gasteiger partial charge is 0.416 e. The van der Waals surface area contributed by atoms with E-state index in [9.17, 15) is 22.8 Å². The topological polar surface area (TPSA) is 113 Å². The second-order valence-corrected chi connectivity index (χ2v) is 6.90. The van der Waals surface area contributed by atoms with Crippen LogP contribution in [0.5, 0.6) is 0 Å². The van der Waals surface area contributed by atoms with Gasteiger partial charge in [0.05, 0.1) is 12.1 Å². The number of hydrogen-bond donors (Lipinski definition) is 2. The van der Waals surface area contributed by atoms with Crippen molar-refractivity contribution in [3.8, 4) is 0 Å². The van der Waals surface area contributed by atoms with Crippen LogP contribution in [0.3, 0.4) is 0 Å². The summed E-state index contributed by atoms with van der Waals surface area (Å²) in [5.41, 5.74) is -0.725. The largest absolute Gasteiger partial charge is 0.436 e. The van der Waals surface area contributed by atoms with Crippen molar-refractivity contribution in [3.63, 3.8) is 0 Å². The van der Waals surface area contributed by atoms with Crippen molar-refractivity contribution in [2.45, 2.75) is 46.0 Å². The summed E-state index contributed by atoms with van der Waals surface area (Å²) in [5, 5.41) is 15.7. The summed E-state index contributed by atoms with van der Waals surface area (Å²) in [5.74, 6) is -0.0806. The van der Waals surface area contributed by atoms with E-state index in [4.69, 9.17) is 4.74 Å². The summed E-state index contributed by atoms with van der Waals surface area (Å²) >= 11 is 0. The molecular formula is C18H23F3N6O3. The monoisotopic (exact) mass is 428 g/mol. The Kier molecular flexibility index (Phi) is 7.72. The van der Waals surface area contributed by atoms with Crippen molar-refractivity contribution in [1.29, 1.82) is 0 Å². The quantitative estimate of drug-likeness (QED) is 0.668. The van der Waals surface area contributed by atoms with E-state index in [2.05, 4.69) is 25.9 Å². The number of halogens is 3. The van der Waals surface area contributed by atoms with Crippen LogP contribution in [-0.2, 0) is 22.3 Å². The van der Waals surface area contributed by atoms with Crippen LogP contribution in [0.1, 0.15) is 38.6 Å². The van der Waals surface area contributed by atoms with Gasteiger partial charge in [0.15, 0.2) is 11.9 Å². The zero-order chi connectivity index (χ0) is 22.3. The Balaban J connectivity index is 2.05. The molecule has 2 amide bonds. The molecule has 0 saturated carbocycles. The molecule has 12 heteroatoms. The molecule has 1 heterocycles. The highest BCUT2D eigenvalue weighted by Crippen LogP contribution is 2.29. The van der Waals surface area contributed by atoms with Crippen LogP contribution in [0, 0.1) is 5.92 Å². The number of anilines is 1. The van der Waals surface area contributed by atoms with Crippen molar-refractivity contribution in [3.05, 3.63) is 35.7 Å². The molecule has 0 aliphatic heterocycles. The second-order valence-electron chi connectivity index (χ2n) is 6.90. The number of carbonyl (C=O) groups is 2. The molecule has 0 unspecified atom stereocenters. The number of aromatic amines is 1. The summed E-state index contributed by atoms with van der Waals surface area (Å²) in [7, 11) is 0. The van der Waals surface area contributed by atoms with Crippen LogP contribution in [0.15, 0.2) is 24.3 Å². The molecule has 0 aliphatic rings. The van der Waals surface area contributed by atoms with Gasteiger partial charge in [0.25, 0.3) is 5.91 Å². The van der Waals surface area contributed by atoms with Crippen molar-refractivity contribution < 1.29 is 27.5 Å². The lowest BCUT2D eigenvalue weighted by Crippen LogP contribution is -2.42. The van der Waals surface area contributed by atoms with Gasteiger partial charge < -0.3 is 9.64 Å². The molecule has 164 valence electrons. The first-order valence-corrected chi connectivity index (χ1v) is 9.26. The Hall–Kier alpha value is -3.18. The first-order valence-electron chi connectivity index (χ1n) is 9.26. The highest BCUT2D eigenvalue weighted by atomic mass is 19.4. The number of rotatable bonds is 8. The molecule has 9 nitrogen and oxygen atoms in total. The van der Waals surface area contributed by atoms with Gasteiger partial charge in [0.2, 0.25) is 0 Å². The third-order valence-electron chi connectivity index (χ3n) is 4.08. The predicted molar refractivity (Wildman–Crippen MR) is 100 cm³/mol. The third kappa shape index (κ3) is 6.71. The summed E-state index contributed by atoms with van der Waals surface area (Å²) in [6, 6.07) is 3.90. The number of carbonyl (C=O) groups excluding carboxylic acids is 2. The lowest BCUT2D eigenvalue weighted by molar-refractivity contribution is -0.141.